The molecule has 2 saturated heterocycles. The average molecular weight is 489 g/mol. The van der Waals surface area contributed by atoms with Crippen LogP contribution in [0.2, 0.25) is 0 Å². The Morgan fingerprint density at radius 3 is 2.63 bits per heavy atom. The molecule has 3 fully saturated rings. The van der Waals surface area contributed by atoms with E-state index in [-0.39, 0.29) is 24.0 Å². The van der Waals surface area contributed by atoms with Gasteiger partial charge >= 0.3 is 0 Å². The fourth-order valence-corrected chi connectivity index (χ4v) is 3.70. The Morgan fingerprint density at radius 1 is 1.19 bits per heavy atom. The fraction of sp³-hybridized carbons (Fsp3) is 0.833. The van der Waals surface area contributed by atoms with E-state index in [1.807, 2.05) is 18.5 Å². The summed E-state index contributed by atoms with van der Waals surface area (Å²) in [5.41, 5.74) is 0. The first kappa shape index (κ1) is 20.8. The molecular formula is C18H32IN7O. The summed E-state index contributed by atoms with van der Waals surface area (Å²) in [4.78, 5) is 9.87. The highest BCUT2D eigenvalue weighted by atomic mass is 127. The van der Waals surface area contributed by atoms with Crippen molar-refractivity contribution in [2.75, 3.05) is 45.9 Å². The third-order valence-corrected chi connectivity index (χ3v) is 5.67. The highest BCUT2D eigenvalue weighted by Crippen LogP contribution is 2.22. The zero-order valence-electron chi connectivity index (χ0n) is 16.4. The topological polar surface area (TPSA) is 70.8 Å². The van der Waals surface area contributed by atoms with Crippen LogP contribution in [-0.2, 0) is 18.3 Å². The molecule has 1 aliphatic carbocycles. The Kier molecular flexibility index (Phi) is 7.32. The number of likely N-dealkylation sites (tertiary alicyclic amines) is 1. The molecule has 0 aromatic carbocycles. The lowest BCUT2D eigenvalue weighted by Crippen LogP contribution is -2.43. The van der Waals surface area contributed by atoms with E-state index >= 15 is 0 Å². The number of ether oxygens (including phenoxy) is 1. The Hall–Kier alpha value is -0.940. The minimum atomic E-state index is 0. The van der Waals surface area contributed by atoms with Crippen molar-refractivity contribution in [2.45, 2.75) is 38.8 Å². The summed E-state index contributed by atoms with van der Waals surface area (Å²) in [6.07, 6.45) is 3.76. The molecule has 152 valence electrons. The number of rotatable bonds is 5. The minimum Gasteiger partial charge on any atom is -0.379 e. The maximum absolute atomic E-state index is 5.47. The highest BCUT2D eigenvalue weighted by molar-refractivity contribution is 14.0. The molecular weight excluding hydrogens is 457 g/mol. The van der Waals surface area contributed by atoms with Crippen LogP contribution < -0.4 is 5.32 Å². The van der Waals surface area contributed by atoms with E-state index in [0.717, 1.165) is 62.9 Å². The summed E-state index contributed by atoms with van der Waals surface area (Å²) >= 11 is 0. The van der Waals surface area contributed by atoms with Gasteiger partial charge in [0.05, 0.1) is 13.2 Å². The van der Waals surface area contributed by atoms with Crippen molar-refractivity contribution in [2.24, 2.45) is 18.0 Å². The maximum atomic E-state index is 5.47. The third-order valence-electron chi connectivity index (χ3n) is 5.67. The van der Waals surface area contributed by atoms with E-state index in [4.69, 9.17) is 9.73 Å². The van der Waals surface area contributed by atoms with Crippen LogP contribution in [0.3, 0.4) is 0 Å². The summed E-state index contributed by atoms with van der Waals surface area (Å²) < 4.78 is 7.48. The number of guanidine groups is 1. The van der Waals surface area contributed by atoms with Crippen molar-refractivity contribution in [3.63, 3.8) is 0 Å². The molecule has 4 rings (SSSR count). The van der Waals surface area contributed by atoms with Gasteiger partial charge in [0.25, 0.3) is 0 Å². The van der Waals surface area contributed by atoms with Crippen LogP contribution in [-0.4, -0.2) is 82.5 Å². The van der Waals surface area contributed by atoms with Crippen LogP contribution >= 0.6 is 24.0 Å². The van der Waals surface area contributed by atoms with Gasteiger partial charge in [0.2, 0.25) is 0 Å². The van der Waals surface area contributed by atoms with Crippen LogP contribution in [0.5, 0.6) is 0 Å². The third kappa shape index (κ3) is 5.54. The van der Waals surface area contributed by atoms with Crippen molar-refractivity contribution < 1.29 is 4.74 Å². The quantitative estimate of drug-likeness (QED) is 0.378. The Bertz CT molecular complexity index is 640. The molecule has 1 unspecified atom stereocenters. The second-order valence-electron chi connectivity index (χ2n) is 7.79. The molecule has 8 nitrogen and oxygen atoms in total. The van der Waals surface area contributed by atoms with Gasteiger partial charge in [-0.1, -0.05) is 0 Å². The molecule has 1 aromatic rings. The molecule has 1 atom stereocenters. The van der Waals surface area contributed by atoms with Gasteiger partial charge in [0.15, 0.2) is 11.8 Å². The normalized spacial score (nSPS) is 24.1. The zero-order valence-corrected chi connectivity index (χ0v) is 18.8. The van der Waals surface area contributed by atoms with Gasteiger partial charge in [-0.15, -0.1) is 34.2 Å². The van der Waals surface area contributed by atoms with Crippen LogP contribution in [0.1, 0.15) is 30.9 Å². The second-order valence-corrected chi connectivity index (χ2v) is 7.79. The summed E-state index contributed by atoms with van der Waals surface area (Å²) in [5.74, 6) is 3.62. The van der Waals surface area contributed by atoms with Crippen molar-refractivity contribution >= 4 is 29.9 Å². The SMILES string of the molecule is Cc1nnc(CN=C(NC2CC2)N2CCC(CN3CCOCC3)C2)n1C.I. The second kappa shape index (κ2) is 9.51. The number of hydrogen-bond donors (Lipinski definition) is 1. The molecule has 9 heteroatoms. The molecule has 2 aliphatic heterocycles. The molecule has 0 amide bonds. The smallest absolute Gasteiger partial charge is 0.194 e. The summed E-state index contributed by atoms with van der Waals surface area (Å²) in [5, 5.41) is 12.0. The van der Waals surface area contributed by atoms with Gasteiger partial charge in [-0.3, -0.25) is 4.90 Å². The van der Waals surface area contributed by atoms with E-state index in [1.54, 1.807) is 0 Å². The van der Waals surface area contributed by atoms with Gasteiger partial charge in [0.1, 0.15) is 12.4 Å². The standard InChI is InChI=1S/C18H31N7O.HI/c1-14-21-22-17(23(14)2)11-19-18(20-16-3-4-16)25-6-5-15(13-25)12-24-7-9-26-10-8-24;/h15-16H,3-13H2,1-2H3,(H,19,20);1H. The van der Waals surface area contributed by atoms with Gasteiger partial charge in [-0.05, 0) is 32.1 Å². The van der Waals surface area contributed by atoms with Gasteiger partial charge in [-0.2, -0.15) is 0 Å². The van der Waals surface area contributed by atoms with Crippen LogP contribution in [0.15, 0.2) is 4.99 Å². The molecule has 3 aliphatic rings. The first-order chi connectivity index (χ1) is 12.7. The fourth-order valence-electron chi connectivity index (χ4n) is 3.70. The highest BCUT2D eigenvalue weighted by Gasteiger charge is 2.30. The lowest BCUT2D eigenvalue weighted by Gasteiger charge is -2.29. The molecule has 0 radical (unpaired) electrons. The first-order valence-electron chi connectivity index (χ1n) is 9.90. The first-order valence-corrected chi connectivity index (χ1v) is 9.90. The summed E-state index contributed by atoms with van der Waals surface area (Å²) in [6.45, 7) is 9.81. The lowest BCUT2D eigenvalue weighted by molar-refractivity contribution is 0.0315. The Balaban J connectivity index is 0.00000210. The molecule has 0 bridgehead atoms. The van der Waals surface area contributed by atoms with Crippen molar-refractivity contribution in [3.8, 4) is 0 Å². The number of nitrogens with one attached hydrogen (secondary N) is 1. The van der Waals surface area contributed by atoms with Crippen LogP contribution in [0.4, 0.5) is 0 Å². The van der Waals surface area contributed by atoms with Crippen molar-refractivity contribution in [1.29, 1.82) is 0 Å². The molecule has 1 aromatic heterocycles. The minimum absolute atomic E-state index is 0. The largest absolute Gasteiger partial charge is 0.379 e. The van der Waals surface area contributed by atoms with E-state index in [1.165, 1.54) is 25.8 Å². The van der Waals surface area contributed by atoms with Gasteiger partial charge in [0, 0.05) is 45.8 Å². The summed E-state index contributed by atoms with van der Waals surface area (Å²) in [7, 11) is 2.00. The molecule has 0 spiro atoms. The number of hydrogen-bond acceptors (Lipinski definition) is 5. The lowest BCUT2D eigenvalue weighted by atomic mass is 10.1. The van der Waals surface area contributed by atoms with E-state index in [2.05, 4.69) is 25.3 Å². The molecule has 1 saturated carbocycles. The number of aliphatic imine (C=N–C) groups is 1. The van der Waals surface area contributed by atoms with Crippen molar-refractivity contribution in [1.82, 2.24) is 29.9 Å². The Morgan fingerprint density at radius 2 is 1.96 bits per heavy atom. The Labute approximate surface area is 178 Å². The van der Waals surface area contributed by atoms with Crippen LogP contribution in [0.25, 0.3) is 0 Å². The number of aromatic nitrogens is 3. The number of halogens is 1. The monoisotopic (exact) mass is 489 g/mol. The number of nitrogens with zero attached hydrogens (tertiary/aromatic N) is 6. The van der Waals surface area contributed by atoms with Crippen LogP contribution in [0, 0.1) is 12.8 Å². The van der Waals surface area contributed by atoms with Gasteiger partial charge in [-0.25, -0.2) is 4.99 Å². The number of aryl methyl sites for hydroxylation is 1. The van der Waals surface area contributed by atoms with Crippen molar-refractivity contribution in [3.05, 3.63) is 11.6 Å². The van der Waals surface area contributed by atoms with E-state index in [9.17, 15) is 0 Å². The summed E-state index contributed by atoms with van der Waals surface area (Å²) in [6, 6.07) is 0.605. The predicted octanol–water partition coefficient (Wildman–Crippen LogP) is 1.00. The molecule has 27 heavy (non-hydrogen) atoms. The predicted molar refractivity (Wildman–Crippen MR) is 115 cm³/mol. The molecule has 1 N–H and O–H groups in total. The van der Waals surface area contributed by atoms with Gasteiger partial charge < -0.3 is 19.5 Å². The number of morpholine rings is 1. The van der Waals surface area contributed by atoms with E-state index < -0.39 is 0 Å². The zero-order chi connectivity index (χ0) is 17.9. The molecule has 3 heterocycles. The maximum Gasteiger partial charge on any atom is 0.194 e. The average Bonchev–Trinajstić information content (AvgIpc) is 3.27. The van der Waals surface area contributed by atoms with E-state index in [0.29, 0.717) is 12.6 Å².